The lowest BCUT2D eigenvalue weighted by Gasteiger charge is -2.46. The van der Waals surface area contributed by atoms with Crippen LogP contribution in [0.2, 0.25) is 0 Å². The van der Waals surface area contributed by atoms with Crippen LogP contribution in [-0.2, 0) is 4.79 Å². The molecular weight excluding hydrogens is 238 g/mol. The van der Waals surface area contributed by atoms with Crippen LogP contribution >= 0.6 is 0 Å². The predicted octanol–water partition coefficient (Wildman–Crippen LogP) is 1.51. The van der Waals surface area contributed by atoms with Crippen molar-refractivity contribution in [1.82, 2.24) is 15.5 Å². The van der Waals surface area contributed by atoms with Crippen LogP contribution < -0.4 is 10.6 Å². The van der Waals surface area contributed by atoms with Gasteiger partial charge in [-0.1, -0.05) is 0 Å². The van der Waals surface area contributed by atoms with E-state index in [1.54, 1.807) is 0 Å². The Morgan fingerprint density at radius 3 is 2.11 bits per heavy atom. The first kappa shape index (κ1) is 14.8. The van der Waals surface area contributed by atoms with E-state index in [0.29, 0.717) is 6.04 Å². The molecule has 0 aromatic rings. The average molecular weight is 267 g/mol. The maximum atomic E-state index is 12.5. The molecule has 0 unspecified atom stereocenters. The van der Waals surface area contributed by atoms with Crippen LogP contribution in [0.5, 0.6) is 0 Å². The van der Waals surface area contributed by atoms with Gasteiger partial charge in [0.1, 0.15) is 0 Å². The van der Waals surface area contributed by atoms with Gasteiger partial charge in [0.2, 0.25) is 5.91 Å². The van der Waals surface area contributed by atoms with Crippen molar-refractivity contribution in [3.8, 4) is 0 Å². The van der Waals surface area contributed by atoms with Gasteiger partial charge in [-0.25, -0.2) is 0 Å². The van der Waals surface area contributed by atoms with Crippen LogP contribution in [0.15, 0.2) is 0 Å². The molecule has 0 radical (unpaired) electrons. The predicted molar refractivity (Wildman–Crippen MR) is 78.1 cm³/mol. The quantitative estimate of drug-likeness (QED) is 0.811. The van der Waals surface area contributed by atoms with E-state index in [2.05, 4.69) is 36.3 Å². The zero-order chi connectivity index (χ0) is 14.1. The van der Waals surface area contributed by atoms with E-state index in [9.17, 15) is 4.79 Å². The number of nitrogens with one attached hydrogen (secondary N) is 2. The van der Waals surface area contributed by atoms with Gasteiger partial charge in [0.25, 0.3) is 0 Å². The summed E-state index contributed by atoms with van der Waals surface area (Å²) in [5, 5.41) is 6.55. The van der Waals surface area contributed by atoms with Crippen LogP contribution in [0.3, 0.4) is 0 Å². The van der Waals surface area contributed by atoms with E-state index < -0.39 is 0 Å². The summed E-state index contributed by atoms with van der Waals surface area (Å²) >= 11 is 0. The molecule has 1 saturated heterocycles. The normalized spacial score (nSPS) is 25.9. The molecule has 2 rings (SSSR count). The Morgan fingerprint density at radius 1 is 1.16 bits per heavy atom. The van der Waals surface area contributed by atoms with Crippen molar-refractivity contribution in [3.05, 3.63) is 0 Å². The standard InChI is InChI=1S/C15H29N3O/c1-12(2)18-10-8-14(3,9-11-18)17-13(19)15(16-4)6-5-7-15/h12,16H,5-11H2,1-4H3,(H,17,19). The molecule has 2 N–H and O–H groups in total. The number of rotatable bonds is 4. The fourth-order valence-electron chi connectivity index (χ4n) is 3.17. The highest BCUT2D eigenvalue weighted by Crippen LogP contribution is 2.33. The van der Waals surface area contributed by atoms with Gasteiger partial charge < -0.3 is 15.5 Å². The first-order valence-corrected chi connectivity index (χ1v) is 7.66. The Bertz CT molecular complexity index is 323. The Balaban J connectivity index is 1.90. The van der Waals surface area contributed by atoms with Crippen LogP contribution in [0, 0.1) is 0 Å². The van der Waals surface area contributed by atoms with Gasteiger partial charge in [-0.3, -0.25) is 4.79 Å². The Kier molecular flexibility index (Phi) is 4.21. The molecule has 110 valence electrons. The minimum Gasteiger partial charge on any atom is -0.349 e. The van der Waals surface area contributed by atoms with Crippen molar-refractivity contribution in [2.45, 2.75) is 70.0 Å². The van der Waals surface area contributed by atoms with E-state index in [4.69, 9.17) is 0 Å². The van der Waals surface area contributed by atoms with Crippen molar-refractivity contribution in [2.75, 3.05) is 20.1 Å². The highest BCUT2D eigenvalue weighted by molar-refractivity contribution is 5.87. The first-order chi connectivity index (χ1) is 8.91. The largest absolute Gasteiger partial charge is 0.349 e. The molecule has 1 saturated carbocycles. The molecule has 19 heavy (non-hydrogen) atoms. The third-order valence-corrected chi connectivity index (χ3v) is 5.17. The van der Waals surface area contributed by atoms with E-state index >= 15 is 0 Å². The third-order valence-electron chi connectivity index (χ3n) is 5.17. The smallest absolute Gasteiger partial charge is 0.240 e. The Morgan fingerprint density at radius 2 is 1.74 bits per heavy atom. The summed E-state index contributed by atoms with van der Waals surface area (Å²) in [7, 11) is 1.91. The van der Waals surface area contributed by atoms with Gasteiger partial charge >= 0.3 is 0 Å². The van der Waals surface area contributed by atoms with E-state index in [1.807, 2.05) is 7.05 Å². The molecule has 0 bridgehead atoms. The molecule has 1 amide bonds. The van der Waals surface area contributed by atoms with Crippen LogP contribution in [0.25, 0.3) is 0 Å². The number of hydrogen-bond donors (Lipinski definition) is 2. The lowest BCUT2D eigenvalue weighted by molar-refractivity contribution is -0.133. The van der Waals surface area contributed by atoms with Crippen LogP contribution in [0.1, 0.15) is 52.9 Å². The second-order valence-electron chi connectivity index (χ2n) is 6.83. The molecule has 1 aliphatic heterocycles. The van der Waals surface area contributed by atoms with Gasteiger partial charge in [0.05, 0.1) is 5.54 Å². The molecule has 0 atom stereocenters. The molecule has 1 heterocycles. The number of amides is 1. The fourth-order valence-corrected chi connectivity index (χ4v) is 3.17. The maximum absolute atomic E-state index is 12.5. The molecular formula is C15H29N3O. The number of likely N-dealkylation sites (tertiary alicyclic amines) is 1. The van der Waals surface area contributed by atoms with Crippen molar-refractivity contribution in [1.29, 1.82) is 0 Å². The maximum Gasteiger partial charge on any atom is 0.240 e. The molecule has 1 aliphatic carbocycles. The summed E-state index contributed by atoms with van der Waals surface area (Å²) in [4.78, 5) is 15.0. The van der Waals surface area contributed by atoms with Gasteiger partial charge in [-0.2, -0.15) is 0 Å². The van der Waals surface area contributed by atoms with E-state index in [1.165, 1.54) is 0 Å². The summed E-state index contributed by atoms with van der Waals surface area (Å²) < 4.78 is 0. The van der Waals surface area contributed by atoms with Gasteiger partial charge in [0, 0.05) is 24.7 Å². The molecule has 0 aromatic carbocycles. The minimum absolute atomic E-state index is 0.0259. The molecule has 4 heteroatoms. The number of hydrogen-bond acceptors (Lipinski definition) is 3. The Labute approximate surface area is 117 Å². The molecule has 2 fully saturated rings. The zero-order valence-electron chi connectivity index (χ0n) is 12.9. The highest BCUT2D eigenvalue weighted by atomic mass is 16.2. The van der Waals surface area contributed by atoms with Crippen molar-refractivity contribution in [3.63, 3.8) is 0 Å². The number of carbonyl (C=O) groups is 1. The molecule has 2 aliphatic rings. The van der Waals surface area contributed by atoms with E-state index in [0.717, 1.165) is 45.2 Å². The van der Waals surface area contributed by atoms with Crippen molar-refractivity contribution < 1.29 is 4.79 Å². The summed E-state index contributed by atoms with van der Waals surface area (Å²) in [5.41, 5.74) is -0.305. The van der Waals surface area contributed by atoms with Crippen molar-refractivity contribution >= 4 is 5.91 Å². The topological polar surface area (TPSA) is 44.4 Å². The van der Waals surface area contributed by atoms with Gasteiger partial charge in [0.15, 0.2) is 0 Å². The van der Waals surface area contributed by atoms with Gasteiger partial charge in [-0.15, -0.1) is 0 Å². The minimum atomic E-state index is -0.280. The molecule has 0 spiro atoms. The van der Waals surface area contributed by atoms with Gasteiger partial charge in [-0.05, 0) is 59.9 Å². The zero-order valence-corrected chi connectivity index (χ0v) is 12.9. The Hall–Kier alpha value is -0.610. The summed E-state index contributed by atoms with van der Waals surface area (Å²) in [5.74, 6) is 0.210. The third kappa shape index (κ3) is 2.95. The average Bonchev–Trinajstić information content (AvgIpc) is 2.28. The van der Waals surface area contributed by atoms with Crippen LogP contribution in [0.4, 0.5) is 0 Å². The summed E-state index contributed by atoms with van der Waals surface area (Å²) in [6.45, 7) is 8.85. The second kappa shape index (κ2) is 5.41. The number of carbonyl (C=O) groups excluding carboxylic acids is 1. The first-order valence-electron chi connectivity index (χ1n) is 7.66. The van der Waals surface area contributed by atoms with E-state index in [-0.39, 0.29) is 17.0 Å². The lowest BCUT2D eigenvalue weighted by atomic mass is 9.75. The summed E-state index contributed by atoms with van der Waals surface area (Å²) in [6.07, 6.45) is 5.21. The highest BCUT2D eigenvalue weighted by Gasteiger charge is 2.45. The lowest BCUT2D eigenvalue weighted by Crippen LogP contribution is -2.65. The summed E-state index contributed by atoms with van der Waals surface area (Å²) in [6, 6.07) is 0.607. The van der Waals surface area contributed by atoms with Crippen molar-refractivity contribution in [2.24, 2.45) is 0 Å². The monoisotopic (exact) mass is 267 g/mol. The number of likely N-dealkylation sites (N-methyl/N-ethyl adjacent to an activating group) is 1. The number of nitrogens with zero attached hydrogens (tertiary/aromatic N) is 1. The second-order valence-corrected chi connectivity index (χ2v) is 6.83. The fraction of sp³-hybridized carbons (Fsp3) is 0.933. The molecule has 4 nitrogen and oxygen atoms in total. The SMILES string of the molecule is CNC1(C(=O)NC2(C)CCN(C(C)C)CC2)CCC1. The van der Waals surface area contributed by atoms with Crippen LogP contribution in [-0.4, -0.2) is 48.1 Å². The molecule has 0 aromatic heterocycles. The number of piperidine rings is 1.